The summed E-state index contributed by atoms with van der Waals surface area (Å²) in [5.41, 5.74) is 1.85. The van der Waals surface area contributed by atoms with Crippen LogP contribution in [-0.2, 0) is 16.1 Å². The molecule has 8 heteroatoms. The Morgan fingerprint density at radius 1 is 1.13 bits per heavy atom. The van der Waals surface area contributed by atoms with Crippen LogP contribution in [0.15, 0.2) is 46.2 Å². The van der Waals surface area contributed by atoms with Gasteiger partial charge in [-0.15, -0.1) is 0 Å². The maximum absolute atomic E-state index is 12.1. The highest BCUT2D eigenvalue weighted by Crippen LogP contribution is 2.41. The van der Waals surface area contributed by atoms with Gasteiger partial charge >= 0.3 is 12.1 Å². The standard InChI is InChI=1S/C23H25Cl2NO4S/c1-13(2)17-5-3-4-6-18(17)31-19-10-8-15(20(24)21(19)25)12-30-23(29)26-16-9-7-14(11-16)22(27)28/h3-6,8,10,13-14,16H,7,9,11-12H2,1-2H3,(H,26,29)(H,27,28)/t14-,16+/m0/s1. The number of carboxylic acids is 1. The first-order chi connectivity index (χ1) is 14.8. The average Bonchev–Trinajstić information content (AvgIpc) is 3.20. The minimum absolute atomic E-state index is 0.0208. The van der Waals surface area contributed by atoms with Gasteiger partial charge in [-0.3, -0.25) is 4.79 Å². The molecular weight excluding hydrogens is 457 g/mol. The molecule has 2 atom stereocenters. The van der Waals surface area contributed by atoms with Crippen LogP contribution in [0.3, 0.4) is 0 Å². The summed E-state index contributed by atoms with van der Waals surface area (Å²) < 4.78 is 5.28. The van der Waals surface area contributed by atoms with Crippen molar-refractivity contribution in [1.82, 2.24) is 5.32 Å². The number of hydrogen-bond donors (Lipinski definition) is 2. The number of halogens is 2. The van der Waals surface area contributed by atoms with Gasteiger partial charge < -0.3 is 15.2 Å². The molecule has 2 aromatic carbocycles. The first-order valence-corrected chi connectivity index (χ1v) is 11.7. The lowest BCUT2D eigenvalue weighted by atomic mass is 10.0. The van der Waals surface area contributed by atoms with Crippen molar-refractivity contribution in [2.75, 3.05) is 0 Å². The van der Waals surface area contributed by atoms with Gasteiger partial charge in [0.2, 0.25) is 0 Å². The van der Waals surface area contributed by atoms with Crippen molar-refractivity contribution in [2.24, 2.45) is 5.92 Å². The molecule has 0 radical (unpaired) electrons. The molecule has 0 saturated heterocycles. The summed E-state index contributed by atoms with van der Waals surface area (Å²) in [5.74, 6) is -0.854. The van der Waals surface area contributed by atoms with Gasteiger partial charge in [-0.25, -0.2) is 4.79 Å². The van der Waals surface area contributed by atoms with Crippen molar-refractivity contribution in [3.8, 4) is 0 Å². The minimum Gasteiger partial charge on any atom is -0.481 e. The molecule has 0 spiro atoms. The van der Waals surface area contributed by atoms with Crippen molar-refractivity contribution in [2.45, 2.75) is 61.5 Å². The number of ether oxygens (including phenoxy) is 1. The lowest BCUT2D eigenvalue weighted by Crippen LogP contribution is -2.33. The Morgan fingerprint density at radius 3 is 2.55 bits per heavy atom. The van der Waals surface area contributed by atoms with Crippen LogP contribution in [0, 0.1) is 5.92 Å². The molecule has 166 valence electrons. The van der Waals surface area contributed by atoms with Crippen LogP contribution in [0.5, 0.6) is 0 Å². The molecule has 1 amide bonds. The zero-order chi connectivity index (χ0) is 22.5. The molecule has 0 aliphatic heterocycles. The quantitative estimate of drug-likeness (QED) is 0.457. The fourth-order valence-corrected chi connectivity index (χ4v) is 5.33. The SMILES string of the molecule is CC(C)c1ccccc1Sc1ccc(COC(=O)N[C@@H]2CC[C@H](C(=O)O)C2)c(Cl)c1Cl. The number of amides is 1. The maximum Gasteiger partial charge on any atom is 0.407 e. The number of benzene rings is 2. The average molecular weight is 482 g/mol. The first kappa shape index (κ1) is 23.8. The highest BCUT2D eigenvalue weighted by molar-refractivity contribution is 7.99. The van der Waals surface area contributed by atoms with Crippen LogP contribution in [0.25, 0.3) is 0 Å². The van der Waals surface area contributed by atoms with E-state index >= 15 is 0 Å². The molecule has 0 bridgehead atoms. The molecule has 2 aromatic rings. The number of rotatable bonds is 7. The number of carbonyl (C=O) groups is 2. The minimum atomic E-state index is -0.826. The maximum atomic E-state index is 12.1. The summed E-state index contributed by atoms with van der Waals surface area (Å²) in [6.07, 6.45) is 1.01. The van der Waals surface area contributed by atoms with E-state index in [9.17, 15) is 9.59 Å². The Hall–Kier alpha value is -1.89. The molecule has 31 heavy (non-hydrogen) atoms. The Morgan fingerprint density at radius 2 is 1.87 bits per heavy atom. The largest absolute Gasteiger partial charge is 0.481 e. The van der Waals surface area contributed by atoms with Crippen molar-refractivity contribution >= 4 is 47.0 Å². The van der Waals surface area contributed by atoms with Gasteiger partial charge in [0.15, 0.2) is 0 Å². The Balaban J connectivity index is 1.61. The second kappa shape index (κ2) is 10.6. The van der Waals surface area contributed by atoms with E-state index in [0.29, 0.717) is 40.8 Å². The lowest BCUT2D eigenvalue weighted by molar-refractivity contribution is -0.141. The molecule has 0 aromatic heterocycles. The topological polar surface area (TPSA) is 75.6 Å². The third kappa shape index (κ3) is 6.09. The normalized spacial score (nSPS) is 18.2. The van der Waals surface area contributed by atoms with E-state index in [0.717, 1.165) is 9.79 Å². The zero-order valence-electron chi connectivity index (χ0n) is 17.4. The van der Waals surface area contributed by atoms with Crippen molar-refractivity contribution in [3.05, 3.63) is 57.6 Å². The van der Waals surface area contributed by atoms with Crippen LogP contribution in [0.2, 0.25) is 10.0 Å². The smallest absolute Gasteiger partial charge is 0.407 e. The number of nitrogens with one attached hydrogen (secondary N) is 1. The highest BCUT2D eigenvalue weighted by Gasteiger charge is 2.30. The van der Waals surface area contributed by atoms with E-state index in [2.05, 4.69) is 31.3 Å². The summed E-state index contributed by atoms with van der Waals surface area (Å²) in [7, 11) is 0. The number of hydrogen-bond acceptors (Lipinski definition) is 4. The summed E-state index contributed by atoms with van der Waals surface area (Å²) in [6, 6.07) is 11.7. The first-order valence-electron chi connectivity index (χ1n) is 10.2. The fourth-order valence-electron chi connectivity index (χ4n) is 3.62. The summed E-state index contributed by atoms with van der Waals surface area (Å²) in [5, 5.41) is 12.6. The van der Waals surface area contributed by atoms with E-state index in [1.165, 1.54) is 5.56 Å². The number of carbonyl (C=O) groups excluding carboxylic acids is 1. The molecule has 1 saturated carbocycles. The number of carboxylic acid groups (broad SMARTS) is 1. The van der Waals surface area contributed by atoms with Gasteiger partial charge in [0.1, 0.15) is 6.61 Å². The predicted octanol–water partition coefficient (Wildman–Crippen LogP) is 6.75. The Bertz CT molecular complexity index is 967. The van der Waals surface area contributed by atoms with Crippen LogP contribution in [-0.4, -0.2) is 23.2 Å². The fraction of sp³-hybridized carbons (Fsp3) is 0.391. The zero-order valence-corrected chi connectivity index (χ0v) is 19.7. The van der Waals surface area contributed by atoms with E-state index in [1.807, 2.05) is 18.2 Å². The van der Waals surface area contributed by atoms with Gasteiger partial charge in [0.05, 0.1) is 16.0 Å². The van der Waals surface area contributed by atoms with E-state index < -0.39 is 18.0 Å². The van der Waals surface area contributed by atoms with Crippen LogP contribution >= 0.6 is 35.0 Å². The summed E-state index contributed by atoms with van der Waals surface area (Å²) in [6.45, 7) is 4.27. The van der Waals surface area contributed by atoms with Gasteiger partial charge in [-0.1, -0.05) is 73.1 Å². The molecule has 3 rings (SSSR count). The van der Waals surface area contributed by atoms with E-state index in [-0.39, 0.29) is 12.6 Å². The third-order valence-corrected chi connectivity index (χ3v) is 7.54. The molecule has 1 fully saturated rings. The second-order valence-electron chi connectivity index (χ2n) is 7.91. The van der Waals surface area contributed by atoms with Crippen LogP contribution in [0.4, 0.5) is 4.79 Å². The highest BCUT2D eigenvalue weighted by atomic mass is 35.5. The molecule has 5 nitrogen and oxygen atoms in total. The Kier molecular flexibility index (Phi) is 8.14. The van der Waals surface area contributed by atoms with Gasteiger partial charge in [0, 0.05) is 21.4 Å². The molecular formula is C23H25Cl2NO4S. The monoisotopic (exact) mass is 481 g/mol. The van der Waals surface area contributed by atoms with Gasteiger partial charge in [-0.2, -0.15) is 0 Å². The molecule has 2 N–H and O–H groups in total. The van der Waals surface area contributed by atoms with Crippen molar-refractivity contribution in [3.63, 3.8) is 0 Å². The molecule has 0 heterocycles. The van der Waals surface area contributed by atoms with Crippen LogP contribution in [0.1, 0.15) is 50.2 Å². The second-order valence-corrected chi connectivity index (χ2v) is 9.75. The van der Waals surface area contributed by atoms with Crippen molar-refractivity contribution in [1.29, 1.82) is 0 Å². The Labute approximate surface area is 196 Å². The molecule has 1 aliphatic rings. The third-order valence-electron chi connectivity index (χ3n) is 5.35. The van der Waals surface area contributed by atoms with E-state index in [1.54, 1.807) is 17.8 Å². The molecule has 1 aliphatic carbocycles. The number of alkyl carbamates (subject to hydrolysis) is 1. The van der Waals surface area contributed by atoms with Crippen LogP contribution < -0.4 is 5.32 Å². The van der Waals surface area contributed by atoms with Gasteiger partial charge in [-0.05, 0) is 42.9 Å². The lowest BCUT2D eigenvalue weighted by Gasteiger charge is -2.15. The van der Waals surface area contributed by atoms with E-state index in [4.69, 9.17) is 33.0 Å². The summed E-state index contributed by atoms with van der Waals surface area (Å²) >= 11 is 14.5. The predicted molar refractivity (Wildman–Crippen MR) is 123 cm³/mol. The van der Waals surface area contributed by atoms with Gasteiger partial charge in [0.25, 0.3) is 0 Å². The number of aliphatic carboxylic acids is 1. The van der Waals surface area contributed by atoms with Crippen molar-refractivity contribution < 1.29 is 19.4 Å². The molecule has 0 unspecified atom stereocenters. The summed E-state index contributed by atoms with van der Waals surface area (Å²) in [4.78, 5) is 25.1.